The van der Waals surface area contributed by atoms with Gasteiger partial charge in [-0.2, -0.15) is 0 Å². The number of carbonyl (C=O) groups is 1. The monoisotopic (exact) mass is 226 g/mol. The molecule has 0 spiro atoms. The van der Waals surface area contributed by atoms with Gasteiger partial charge in [-0.15, -0.1) is 11.3 Å². The molecule has 1 heterocycles. The third-order valence-electron chi connectivity index (χ3n) is 2.39. The first-order valence-corrected chi connectivity index (χ1v) is 6.08. The molecule has 0 aromatic carbocycles. The number of amides is 1. The molecular formula is C11H18N2OS. The molecule has 0 radical (unpaired) electrons. The Labute approximate surface area is 94.9 Å². The fourth-order valence-electron chi connectivity index (χ4n) is 1.48. The Morgan fingerprint density at radius 1 is 1.60 bits per heavy atom. The van der Waals surface area contributed by atoms with E-state index in [2.05, 4.69) is 29.0 Å². The Balaban J connectivity index is 2.58. The molecule has 3 nitrogen and oxygen atoms in total. The van der Waals surface area contributed by atoms with Crippen molar-refractivity contribution >= 4 is 17.2 Å². The van der Waals surface area contributed by atoms with E-state index in [1.807, 2.05) is 13.0 Å². The summed E-state index contributed by atoms with van der Waals surface area (Å²) in [6, 6.07) is 4.26. The van der Waals surface area contributed by atoms with Gasteiger partial charge in [0.1, 0.15) is 0 Å². The molecule has 1 rings (SSSR count). The van der Waals surface area contributed by atoms with Crippen LogP contribution < -0.4 is 10.6 Å². The summed E-state index contributed by atoms with van der Waals surface area (Å²) in [7, 11) is 1.66. The van der Waals surface area contributed by atoms with Gasteiger partial charge in [0, 0.05) is 18.0 Å². The summed E-state index contributed by atoms with van der Waals surface area (Å²) in [4.78, 5) is 12.6. The molecule has 0 saturated heterocycles. The van der Waals surface area contributed by atoms with E-state index >= 15 is 0 Å². The number of likely N-dealkylation sites (N-methyl/N-ethyl adjacent to an activating group) is 1. The maximum Gasteiger partial charge on any atom is 0.236 e. The summed E-state index contributed by atoms with van der Waals surface area (Å²) >= 11 is 1.72. The molecule has 15 heavy (non-hydrogen) atoms. The van der Waals surface area contributed by atoms with Crippen LogP contribution in [0.2, 0.25) is 0 Å². The minimum absolute atomic E-state index is 0.0324. The van der Waals surface area contributed by atoms with Gasteiger partial charge in [0.2, 0.25) is 5.91 Å². The molecular weight excluding hydrogens is 208 g/mol. The van der Waals surface area contributed by atoms with Crippen molar-refractivity contribution in [1.29, 1.82) is 0 Å². The van der Waals surface area contributed by atoms with Gasteiger partial charge in [-0.3, -0.25) is 10.1 Å². The molecule has 0 fully saturated rings. The summed E-state index contributed by atoms with van der Waals surface area (Å²) in [6.07, 6.45) is 0.988. The Kier molecular flexibility index (Phi) is 4.78. The second kappa shape index (κ2) is 5.88. The Hall–Kier alpha value is -0.870. The minimum atomic E-state index is -0.151. The summed E-state index contributed by atoms with van der Waals surface area (Å²) in [5.74, 6) is 0.0324. The van der Waals surface area contributed by atoms with E-state index in [9.17, 15) is 4.79 Å². The van der Waals surface area contributed by atoms with Gasteiger partial charge in [-0.05, 0) is 24.8 Å². The molecule has 84 valence electrons. The normalized spacial score (nSPS) is 14.6. The lowest BCUT2D eigenvalue weighted by Crippen LogP contribution is -2.42. The van der Waals surface area contributed by atoms with Gasteiger partial charge >= 0.3 is 0 Å². The van der Waals surface area contributed by atoms with E-state index in [0.29, 0.717) is 0 Å². The predicted molar refractivity (Wildman–Crippen MR) is 64.0 cm³/mol. The van der Waals surface area contributed by atoms with Gasteiger partial charge in [0.25, 0.3) is 0 Å². The summed E-state index contributed by atoms with van der Waals surface area (Å²) in [5.41, 5.74) is 0. The van der Waals surface area contributed by atoms with Gasteiger partial charge in [-0.25, -0.2) is 0 Å². The lowest BCUT2D eigenvalue weighted by molar-refractivity contribution is -0.122. The van der Waals surface area contributed by atoms with Gasteiger partial charge in [0.15, 0.2) is 0 Å². The molecule has 1 aromatic heterocycles. The van der Waals surface area contributed by atoms with Crippen molar-refractivity contribution in [2.45, 2.75) is 32.4 Å². The van der Waals surface area contributed by atoms with Crippen molar-refractivity contribution in [3.05, 3.63) is 22.4 Å². The van der Waals surface area contributed by atoms with Crippen LogP contribution in [0, 0.1) is 0 Å². The van der Waals surface area contributed by atoms with E-state index in [-0.39, 0.29) is 18.0 Å². The van der Waals surface area contributed by atoms with Crippen LogP contribution in [0.5, 0.6) is 0 Å². The van der Waals surface area contributed by atoms with Crippen molar-refractivity contribution in [3.8, 4) is 0 Å². The zero-order valence-electron chi connectivity index (χ0n) is 9.41. The molecule has 0 aliphatic heterocycles. The summed E-state index contributed by atoms with van der Waals surface area (Å²) in [5, 5.41) is 8.02. The van der Waals surface area contributed by atoms with Crippen molar-refractivity contribution in [2.24, 2.45) is 0 Å². The largest absolute Gasteiger partial charge is 0.358 e. The third kappa shape index (κ3) is 3.32. The zero-order chi connectivity index (χ0) is 11.3. The van der Waals surface area contributed by atoms with Crippen molar-refractivity contribution < 1.29 is 4.79 Å². The first-order valence-electron chi connectivity index (χ1n) is 5.20. The number of nitrogens with one attached hydrogen (secondary N) is 2. The van der Waals surface area contributed by atoms with Crippen molar-refractivity contribution in [3.63, 3.8) is 0 Å². The van der Waals surface area contributed by atoms with Crippen LogP contribution in [0.4, 0.5) is 0 Å². The van der Waals surface area contributed by atoms with E-state index in [1.165, 1.54) is 4.88 Å². The first kappa shape index (κ1) is 12.2. The molecule has 1 amide bonds. The zero-order valence-corrected chi connectivity index (χ0v) is 10.2. The molecule has 2 atom stereocenters. The molecule has 1 aromatic rings. The molecule has 1 unspecified atom stereocenters. The van der Waals surface area contributed by atoms with E-state index in [0.717, 1.165) is 6.42 Å². The average Bonchev–Trinajstić information content (AvgIpc) is 2.77. The summed E-state index contributed by atoms with van der Waals surface area (Å²) in [6.45, 7) is 4.00. The van der Waals surface area contributed by atoms with Crippen LogP contribution in [0.25, 0.3) is 0 Å². The molecule has 2 N–H and O–H groups in total. The fourth-order valence-corrected chi connectivity index (χ4v) is 2.36. The SMILES string of the molecule is CCC(N[C@H](C)C(=O)NC)c1cccs1. The van der Waals surface area contributed by atoms with Crippen molar-refractivity contribution in [2.75, 3.05) is 7.05 Å². The Morgan fingerprint density at radius 2 is 2.33 bits per heavy atom. The van der Waals surface area contributed by atoms with Gasteiger partial charge in [-0.1, -0.05) is 13.0 Å². The van der Waals surface area contributed by atoms with E-state index in [1.54, 1.807) is 18.4 Å². The van der Waals surface area contributed by atoms with Crippen LogP contribution in [0.1, 0.15) is 31.2 Å². The second-order valence-electron chi connectivity index (χ2n) is 3.48. The van der Waals surface area contributed by atoms with Crippen LogP contribution >= 0.6 is 11.3 Å². The smallest absolute Gasteiger partial charge is 0.236 e. The predicted octanol–water partition coefficient (Wildman–Crippen LogP) is 1.92. The highest BCUT2D eigenvalue weighted by Crippen LogP contribution is 2.21. The number of carbonyl (C=O) groups excluding carboxylic acids is 1. The van der Waals surface area contributed by atoms with E-state index in [4.69, 9.17) is 0 Å². The molecule has 4 heteroatoms. The van der Waals surface area contributed by atoms with Crippen LogP contribution in [-0.4, -0.2) is 19.0 Å². The number of hydrogen-bond acceptors (Lipinski definition) is 3. The average molecular weight is 226 g/mol. The highest BCUT2D eigenvalue weighted by atomic mass is 32.1. The topological polar surface area (TPSA) is 41.1 Å². The van der Waals surface area contributed by atoms with Crippen LogP contribution in [0.3, 0.4) is 0 Å². The minimum Gasteiger partial charge on any atom is -0.358 e. The lowest BCUT2D eigenvalue weighted by atomic mass is 10.1. The second-order valence-corrected chi connectivity index (χ2v) is 4.46. The molecule has 0 saturated carbocycles. The van der Waals surface area contributed by atoms with Crippen LogP contribution in [0.15, 0.2) is 17.5 Å². The molecule has 0 aliphatic carbocycles. The number of hydrogen-bond donors (Lipinski definition) is 2. The summed E-state index contributed by atoms with van der Waals surface area (Å²) < 4.78 is 0. The maximum absolute atomic E-state index is 11.4. The van der Waals surface area contributed by atoms with Crippen molar-refractivity contribution in [1.82, 2.24) is 10.6 Å². The maximum atomic E-state index is 11.4. The van der Waals surface area contributed by atoms with Gasteiger partial charge in [0.05, 0.1) is 6.04 Å². The lowest BCUT2D eigenvalue weighted by Gasteiger charge is -2.20. The number of rotatable bonds is 5. The number of thiophene rings is 1. The van der Waals surface area contributed by atoms with Crippen LogP contribution in [-0.2, 0) is 4.79 Å². The Morgan fingerprint density at radius 3 is 2.80 bits per heavy atom. The van der Waals surface area contributed by atoms with Gasteiger partial charge < -0.3 is 5.32 Å². The highest BCUT2D eigenvalue weighted by Gasteiger charge is 2.17. The molecule has 0 aliphatic rings. The standard InChI is InChI=1S/C11H18N2OS/c1-4-9(10-6-5-7-15-10)13-8(2)11(14)12-3/h5-9,13H,4H2,1-3H3,(H,12,14)/t8-,9?/m1/s1. The third-order valence-corrected chi connectivity index (χ3v) is 3.37. The quantitative estimate of drug-likeness (QED) is 0.805. The Bertz CT molecular complexity index is 298. The highest BCUT2D eigenvalue weighted by molar-refractivity contribution is 7.10. The van der Waals surface area contributed by atoms with E-state index < -0.39 is 0 Å². The first-order chi connectivity index (χ1) is 7.19. The fraction of sp³-hybridized carbons (Fsp3) is 0.545. The molecule has 0 bridgehead atoms.